The lowest BCUT2D eigenvalue weighted by molar-refractivity contribution is -0.142. The van der Waals surface area contributed by atoms with Crippen molar-refractivity contribution in [2.75, 3.05) is 24.6 Å². The number of anilines is 1. The fraction of sp³-hybridized carbons (Fsp3) is 0.533. The summed E-state index contributed by atoms with van der Waals surface area (Å²) in [5.74, 6) is -0.205. The quantitative estimate of drug-likeness (QED) is 0.172. The van der Waals surface area contributed by atoms with Gasteiger partial charge in [0, 0.05) is 28.6 Å². The van der Waals surface area contributed by atoms with Crippen molar-refractivity contribution < 1.29 is 14.3 Å². The summed E-state index contributed by atoms with van der Waals surface area (Å²) in [6.45, 7) is 8.07. The fourth-order valence-electron chi connectivity index (χ4n) is 3.97. The highest BCUT2D eigenvalue weighted by atomic mass is 32.2. The lowest BCUT2D eigenvalue weighted by Crippen LogP contribution is -2.41. The van der Waals surface area contributed by atoms with Crippen LogP contribution in [0.2, 0.25) is 0 Å². The van der Waals surface area contributed by atoms with Gasteiger partial charge in [0.25, 0.3) is 0 Å². The molecule has 2 rings (SSSR count). The number of rotatable bonds is 17. The third kappa shape index (κ3) is 11.5. The van der Waals surface area contributed by atoms with Crippen LogP contribution in [-0.4, -0.2) is 31.7 Å². The topological polar surface area (TPSA) is 58.6 Å². The molecule has 0 unspecified atom stereocenters. The van der Waals surface area contributed by atoms with E-state index in [2.05, 4.69) is 31.3 Å². The molecule has 0 atom stereocenters. The van der Waals surface area contributed by atoms with Crippen LogP contribution in [0.1, 0.15) is 84.1 Å². The van der Waals surface area contributed by atoms with E-state index in [1.54, 1.807) is 11.8 Å². The van der Waals surface area contributed by atoms with Crippen LogP contribution in [0.4, 0.5) is 10.5 Å². The molecule has 0 bridgehead atoms. The maximum Gasteiger partial charge on any atom is 0.321 e. The number of amides is 2. The summed E-state index contributed by atoms with van der Waals surface area (Å²) in [5, 5.41) is 3.13. The third-order valence-corrected chi connectivity index (χ3v) is 6.98. The molecule has 0 heterocycles. The number of hydrogen-bond donors (Lipinski definition) is 1. The van der Waals surface area contributed by atoms with E-state index in [1.165, 1.54) is 32.1 Å². The Morgan fingerprint density at radius 3 is 2.22 bits per heavy atom. The van der Waals surface area contributed by atoms with Gasteiger partial charge in [-0.15, -0.1) is 0 Å². The molecule has 0 fully saturated rings. The Hall–Kier alpha value is -2.47. The summed E-state index contributed by atoms with van der Waals surface area (Å²) in [7, 11) is 0. The summed E-state index contributed by atoms with van der Waals surface area (Å²) in [4.78, 5) is 28.9. The molecular weight excluding hydrogens is 468 g/mol. The van der Waals surface area contributed by atoms with Crippen LogP contribution < -0.4 is 10.2 Å². The van der Waals surface area contributed by atoms with Gasteiger partial charge in [-0.2, -0.15) is 0 Å². The second-order valence-corrected chi connectivity index (χ2v) is 10.2. The molecule has 198 valence electrons. The Bertz CT molecular complexity index is 901. The minimum Gasteiger partial charge on any atom is -0.466 e. The third-order valence-electron chi connectivity index (χ3n) is 5.98. The van der Waals surface area contributed by atoms with Crippen molar-refractivity contribution in [3.63, 3.8) is 0 Å². The van der Waals surface area contributed by atoms with Gasteiger partial charge in [-0.3, -0.25) is 9.69 Å². The first-order valence-electron chi connectivity index (χ1n) is 13.6. The Morgan fingerprint density at radius 2 is 1.53 bits per heavy atom. The molecule has 2 amide bonds. The highest BCUT2D eigenvalue weighted by Gasteiger charge is 2.16. The fourth-order valence-corrected chi connectivity index (χ4v) is 4.84. The molecular formula is C30H44N2O3S. The first-order valence-corrected chi connectivity index (χ1v) is 14.5. The Kier molecular flexibility index (Phi) is 14.8. The Morgan fingerprint density at radius 1 is 0.833 bits per heavy atom. The molecule has 5 nitrogen and oxygen atoms in total. The van der Waals surface area contributed by atoms with Gasteiger partial charge in [0.05, 0.1) is 13.0 Å². The number of hydrogen-bond acceptors (Lipinski definition) is 4. The largest absolute Gasteiger partial charge is 0.466 e. The number of carbonyl (C=O) groups excluding carboxylic acids is 2. The van der Waals surface area contributed by atoms with Crippen molar-refractivity contribution in [2.24, 2.45) is 0 Å². The van der Waals surface area contributed by atoms with Crippen LogP contribution in [0.15, 0.2) is 58.3 Å². The average molecular weight is 513 g/mol. The van der Waals surface area contributed by atoms with Crippen molar-refractivity contribution in [3.8, 4) is 0 Å². The molecule has 0 saturated carbocycles. The SMILES string of the molecule is CCCCCCCN(C(=O)NCCCCCC)c1cccc(Sc2ccc(CC(=O)OCC)cc2)c1. The monoisotopic (exact) mass is 512 g/mol. The van der Waals surface area contributed by atoms with E-state index in [0.717, 1.165) is 59.8 Å². The zero-order chi connectivity index (χ0) is 26.0. The molecule has 6 heteroatoms. The Labute approximate surface area is 222 Å². The van der Waals surface area contributed by atoms with E-state index in [-0.39, 0.29) is 18.4 Å². The van der Waals surface area contributed by atoms with E-state index in [9.17, 15) is 9.59 Å². The normalized spacial score (nSPS) is 10.8. The van der Waals surface area contributed by atoms with E-state index in [1.807, 2.05) is 48.2 Å². The highest BCUT2D eigenvalue weighted by Crippen LogP contribution is 2.31. The van der Waals surface area contributed by atoms with E-state index < -0.39 is 0 Å². The summed E-state index contributed by atoms with van der Waals surface area (Å²) in [5.41, 5.74) is 1.87. The van der Waals surface area contributed by atoms with Gasteiger partial charge >= 0.3 is 12.0 Å². The molecule has 0 radical (unpaired) electrons. The van der Waals surface area contributed by atoms with Gasteiger partial charge in [0.2, 0.25) is 0 Å². The van der Waals surface area contributed by atoms with Crippen molar-refractivity contribution >= 4 is 29.4 Å². The number of benzene rings is 2. The van der Waals surface area contributed by atoms with Crippen LogP contribution >= 0.6 is 11.8 Å². The minimum absolute atomic E-state index is 0.00698. The van der Waals surface area contributed by atoms with E-state index >= 15 is 0 Å². The van der Waals surface area contributed by atoms with Crippen molar-refractivity contribution in [3.05, 3.63) is 54.1 Å². The molecule has 0 aliphatic carbocycles. The van der Waals surface area contributed by atoms with Crippen LogP contribution in [-0.2, 0) is 16.0 Å². The number of esters is 1. The number of unbranched alkanes of at least 4 members (excludes halogenated alkanes) is 7. The standard InChI is InChI=1S/C30H44N2O3S/c1-4-7-9-11-13-22-32(30(34)31-21-12-10-8-5-2)26-15-14-16-28(24-26)36-27-19-17-25(18-20-27)23-29(33)35-6-3/h14-20,24H,4-13,21-23H2,1-3H3,(H,31,34). The molecule has 0 aliphatic rings. The maximum atomic E-state index is 13.1. The van der Waals surface area contributed by atoms with Gasteiger partial charge in [0.1, 0.15) is 0 Å². The lowest BCUT2D eigenvalue weighted by Gasteiger charge is -2.24. The average Bonchev–Trinajstić information content (AvgIpc) is 2.87. The van der Waals surface area contributed by atoms with Crippen LogP contribution in [0.3, 0.4) is 0 Å². The second-order valence-electron chi connectivity index (χ2n) is 9.08. The summed E-state index contributed by atoms with van der Waals surface area (Å²) in [6, 6.07) is 16.2. The van der Waals surface area contributed by atoms with Crippen LogP contribution in [0.5, 0.6) is 0 Å². The van der Waals surface area contributed by atoms with Crippen molar-refractivity contribution in [2.45, 2.75) is 94.8 Å². The number of nitrogens with one attached hydrogen (secondary N) is 1. The summed E-state index contributed by atoms with van der Waals surface area (Å²) < 4.78 is 5.03. The van der Waals surface area contributed by atoms with Gasteiger partial charge in [-0.25, -0.2) is 4.79 Å². The molecule has 0 saturated heterocycles. The van der Waals surface area contributed by atoms with Gasteiger partial charge in [0.15, 0.2) is 0 Å². The van der Waals surface area contributed by atoms with Gasteiger partial charge in [-0.1, -0.05) is 88.8 Å². The highest BCUT2D eigenvalue weighted by molar-refractivity contribution is 7.99. The Balaban J connectivity index is 2.04. The molecule has 2 aromatic carbocycles. The maximum absolute atomic E-state index is 13.1. The number of carbonyl (C=O) groups is 2. The van der Waals surface area contributed by atoms with Crippen LogP contribution in [0.25, 0.3) is 0 Å². The number of nitrogens with zero attached hydrogens (tertiary/aromatic N) is 1. The van der Waals surface area contributed by atoms with Crippen LogP contribution in [0, 0.1) is 0 Å². The molecule has 0 spiro atoms. The van der Waals surface area contributed by atoms with E-state index in [0.29, 0.717) is 6.61 Å². The lowest BCUT2D eigenvalue weighted by atomic mass is 10.1. The molecule has 1 N–H and O–H groups in total. The van der Waals surface area contributed by atoms with Crippen molar-refractivity contribution in [1.82, 2.24) is 5.32 Å². The summed E-state index contributed by atoms with van der Waals surface area (Å²) >= 11 is 1.66. The predicted octanol–water partition coefficient (Wildman–Crippen LogP) is 8.01. The first kappa shape index (κ1) is 29.8. The smallest absolute Gasteiger partial charge is 0.321 e. The minimum atomic E-state index is -0.205. The number of urea groups is 1. The molecule has 0 aromatic heterocycles. The zero-order valence-corrected chi connectivity index (χ0v) is 23.2. The van der Waals surface area contributed by atoms with E-state index in [4.69, 9.17) is 4.74 Å². The number of ether oxygens (including phenoxy) is 1. The zero-order valence-electron chi connectivity index (χ0n) is 22.4. The summed E-state index contributed by atoms with van der Waals surface area (Å²) in [6.07, 6.45) is 10.7. The molecule has 0 aliphatic heterocycles. The van der Waals surface area contributed by atoms with Gasteiger partial charge in [-0.05, 0) is 55.7 Å². The molecule has 36 heavy (non-hydrogen) atoms. The van der Waals surface area contributed by atoms with Crippen molar-refractivity contribution in [1.29, 1.82) is 0 Å². The second kappa shape index (κ2) is 17.9. The van der Waals surface area contributed by atoms with Gasteiger partial charge < -0.3 is 10.1 Å². The molecule has 2 aromatic rings. The predicted molar refractivity (Wildman–Crippen MR) is 151 cm³/mol. The first-order chi connectivity index (χ1) is 17.6.